The van der Waals surface area contributed by atoms with Crippen molar-refractivity contribution in [3.8, 4) is 11.5 Å². The number of benzene rings is 1. The van der Waals surface area contributed by atoms with Gasteiger partial charge in [0.25, 0.3) is 5.91 Å². The number of rotatable bonds is 2. The molecule has 6 heteroatoms. The highest BCUT2D eigenvalue weighted by Crippen LogP contribution is 2.31. The summed E-state index contributed by atoms with van der Waals surface area (Å²) < 4.78 is 11.0. The Hall–Kier alpha value is -1.46. The van der Waals surface area contributed by atoms with Crippen molar-refractivity contribution in [2.45, 2.75) is 18.9 Å². The lowest BCUT2D eigenvalue weighted by molar-refractivity contribution is 0.0707. The van der Waals surface area contributed by atoms with Crippen LogP contribution in [0.4, 0.5) is 0 Å². The van der Waals surface area contributed by atoms with Crippen LogP contribution < -0.4 is 14.8 Å². The second kappa shape index (κ2) is 7.00. The molecular weight excluding hydrogens is 292 g/mol. The Balaban J connectivity index is 0.00000161. The number of fused-ring (bicyclic) bond motifs is 1. The molecular formula is C15H21ClN2O3. The summed E-state index contributed by atoms with van der Waals surface area (Å²) >= 11 is 0. The van der Waals surface area contributed by atoms with Gasteiger partial charge in [-0.1, -0.05) is 0 Å². The minimum Gasteiger partial charge on any atom is -0.486 e. The van der Waals surface area contributed by atoms with Gasteiger partial charge in [0.15, 0.2) is 11.5 Å². The van der Waals surface area contributed by atoms with Crippen molar-refractivity contribution in [1.82, 2.24) is 10.2 Å². The Morgan fingerprint density at radius 2 is 2.05 bits per heavy atom. The van der Waals surface area contributed by atoms with Gasteiger partial charge in [-0.05, 0) is 37.6 Å². The fourth-order valence-corrected chi connectivity index (χ4v) is 2.71. The first-order chi connectivity index (χ1) is 9.75. The average Bonchev–Trinajstić information content (AvgIpc) is 2.54. The number of nitrogens with zero attached hydrogens (tertiary/aromatic N) is 1. The second-order valence-electron chi connectivity index (χ2n) is 5.27. The summed E-state index contributed by atoms with van der Waals surface area (Å²) in [6.45, 7) is 3.01. The number of ether oxygens (including phenoxy) is 2. The first kappa shape index (κ1) is 15.9. The summed E-state index contributed by atoms with van der Waals surface area (Å²) in [4.78, 5) is 14.4. The lowest BCUT2D eigenvalue weighted by atomic mass is 10.0. The first-order valence-corrected chi connectivity index (χ1v) is 7.13. The van der Waals surface area contributed by atoms with E-state index in [4.69, 9.17) is 9.47 Å². The zero-order chi connectivity index (χ0) is 13.9. The number of piperidine rings is 1. The van der Waals surface area contributed by atoms with Crippen LogP contribution in [0.3, 0.4) is 0 Å². The molecule has 1 amide bonds. The average molecular weight is 313 g/mol. The molecule has 116 valence electrons. The van der Waals surface area contributed by atoms with Gasteiger partial charge < -0.3 is 19.7 Å². The van der Waals surface area contributed by atoms with E-state index >= 15 is 0 Å². The predicted octanol–water partition coefficient (Wildman–Crippen LogP) is 1.70. The van der Waals surface area contributed by atoms with Gasteiger partial charge >= 0.3 is 0 Å². The lowest BCUT2D eigenvalue weighted by Crippen LogP contribution is -2.46. The SMILES string of the molecule is CN(C(=O)c1ccc2c(c1)OCCO2)[C@@H]1CCCNC1.Cl. The number of nitrogens with one attached hydrogen (secondary N) is 1. The third-order valence-corrected chi connectivity index (χ3v) is 3.93. The molecule has 0 radical (unpaired) electrons. The Bertz CT molecular complexity index is 504. The van der Waals surface area contributed by atoms with E-state index in [1.807, 2.05) is 24.1 Å². The van der Waals surface area contributed by atoms with Crippen molar-refractivity contribution in [1.29, 1.82) is 0 Å². The van der Waals surface area contributed by atoms with Gasteiger partial charge in [-0.15, -0.1) is 12.4 Å². The van der Waals surface area contributed by atoms with Crippen LogP contribution in [0.2, 0.25) is 0 Å². The molecule has 2 heterocycles. The third kappa shape index (κ3) is 3.41. The minimum absolute atomic E-state index is 0. The molecule has 3 rings (SSSR count). The molecule has 2 aliphatic rings. The van der Waals surface area contributed by atoms with Crippen LogP contribution in [0.5, 0.6) is 11.5 Å². The van der Waals surface area contributed by atoms with Crippen LogP contribution >= 0.6 is 12.4 Å². The molecule has 1 saturated heterocycles. The first-order valence-electron chi connectivity index (χ1n) is 7.13. The number of likely N-dealkylation sites (N-methyl/N-ethyl adjacent to an activating group) is 1. The Kier molecular flexibility index (Phi) is 5.31. The van der Waals surface area contributed by atoms with Crippen molar-refractivity contribution in [2.24, 2.45) is 0 Å². The highest BCUT2D eigenvalue weighted by atomic mass is 35.5. The highest BCUT2D eigenvalue weighted by molar-refractivity contribution is 5.95. The van der Waals surface area contributed by atoms with Gasteiger partial charge in [0.05, 0.1) is 0 Å². The summed E-state index contributed by atoms with van der Waals surface area (Å²) in [6, 6.07) is 5.67. The summed E-state index contributed by atoms with van der Waals surface area (Å²) in [5.74, 6) is 1.42. The monoisotopic (exact) mass is 312 g/mol. The summed E-state index contributed by atoms with van der Waals surface area (Å²) in [7, 11) is 1.87. The normalized spacial score (nSPS) is 20.3. The van der Waals surface area contributed by atoms with E-state index in [0.29, 0.717) is 24.5 Å². The number of carbonyl (C=O) groups excluding carboxylic acids is 1. The largest absolute Gasteiger partial charge is 0.486 e. The van der Waals surface area contributed by atoms with E-state index < -0.39 is 0 Å². The maximum atomic E-state index is 12.5. The number of hydrogen-bond acceptors (Lipinski definition) is 4. The topological polar surface area (TPSA) is 50.8 Å². The number of carbonyl (C=O) groups is 1. The molecule has 5 nitrogen and oxygen atoms in total. The van der Waals surface area contributed by atoms with Crippen molar-refractivity contribution >= 4 is 18.3 Å². The second-order valence-corrected chi connectivity index (χ2v) is 5.27. The van der Waals surface area contributed by atoms with Crippen LogP contribution in [0, 0.1) is 0 Å². The van der Waals surface area contributed by atoms with Crippen molar-refractivity contribution in [2.75, 3.05) is 33.4 Å². The van der Waals surface area contributed by atoms with Gasteiger partial charge in [-0.3, -0.25) is 4.79 Å². The van der Waals surface area contributed by atoms with E-state index in [1.165, 1.54) is 0 Å². The fourth-order valence-electron chi connectivity index (χ4n) is 2.71. The van der Waals surface area contributed by atoms with Crippen LogP contribution in [0.15, 0.2) is 18.2 Å². The summed E-state index contributed by atoms with van der Waals surface area (Å²) in [5.41, 5.74) is 0.655. The maximum absolute atomic E-state index is 12.5. The molecule has 0 unspecified atom stereocenters. The molecule has 1 atom stereocenters. The van der Waals surface area contributed by atoms with Gasteiger partial charge in [-0.25, -0.2) is 0 Å². The van der Waals surface area contributed by atoms with Gasteiger partial charge in [0.1, 0.15) is 13.2 Å². The third-order valence-electron chi connectivity index (χ3n) is 3.93. The van der Waals surface area contributed by atoms with Crippen LogP contribution in [-0.4, -0.2) is 50.2 Å². The Morgan fingerprint density at radius 3 is 2.76 bits per heavy atom. The van der Waals surface area contributed by atoms with Crippen LogP contribution in [0.1, 0.15) is 23.2 Å². The number of hydrogen-bond donors (Lipinski definition) is 1. The van der Waals surface area contributed by atoms with Crippen LogP contribution in [0.25, 0.3) is 0 Å². The number of amides is 1. The van der Waals surface area contributed by atoms with Crippen molar-refractivity contribution in [3.05, 3.63) is 23.8 Å². The molecule has 1 fully saturated rings. The van der Waals surface area contributed by atoms with E-state index in [-0.39, 0.29) is 24.4 Å². The lowest BCUT2D eigenvalue weighted by Gasteiger charge is -2.32. The molecule has 0 aromatic heterocycles. The molecule has 0 spiro atoms. The van der Waals surface area contributed by atoms with Crippen molar-refractivity contribution < 1.29 is 14.3 Å². The Morgan fingerprint density at radius 1 is 1.29 bits per heavy atom. The zero-order valence-electron chi connectivity index (χ0n) is 12.1. The molecule has 0 aliphatic carbocycles. The van der Waals surface area contributed by atoms with E-state index in [9.17, 15) is 4.79 Å². The molecule has 0 bridgehead atoms. The van der Waals surface area contributed by atoms with E-state index in [2.05, 4.69) is 5.32 Å². The minimum atomic E-state index is 0. The van der Waals surface area contributed by atoms with Crippen LogP contribution in [-0.2, 0) is 0 Å². The van der Waals surface area contributed by atoms with Gasteiger partial charge in [-0.2, -0.15) is 0 Å². The maximum Gasteiger partial charge on any atom is 0.254 e. The molecule has 1 aromatic carbocycles. The van der Waals surface area contributed by atoms with E-state index in [1.54, 1.807) is 6.07 Å². The summed E-state index contributed by atoms with van der Waals surface area (Å²) in [6.07, 6.45) is 2.17. The van der Waals surface area contributed by atoms with Gasteiger partial charge in [0, 0.05) is 25.2 Å². The molecule has 21 heavy (non-hydrogen) atoms. The highest BCUT2D eigenvalue weighted by Gasteiger charge is 2.24. The summed E-state index contributed by atoms with van der Waals surface area (Å²) in [5, 5.41) is 3.33. The predicted molar refractivity (Wildman–Crippen MR) is 82.7 cm³/mol. The quantitative estimate of drug-likeness (QED) is 0.903. The molecule has 0 saturated carbocycles. The smallest absolute Gasteiger partial charge is 0.254 e. The van der Waals surface area contributed by atoms with E-state index in [0.717, 1.165) is 31.7 Å². The van der Waals surface area contributed by atoms with Gasteiger partial charge in [0.2, 0.25) is 0 Å². The Labute approximate surface area is 131 Å². The molecule has 2 aliphatic heterocycles. The van der Waals surface area contributed by atoms with Crippen molar-refractivity contribution in [3.63, 3.8) is 0 Å². The molecule has 1 N–H and O–H groups in total. The zero-order valence-corrected chi connectivity index (χ0v) is 12.9. The molecule has 1 aromatic rings. The fraction of sp³-hybridized carbons (Fsp3) is 0.533. The standard InChI is InChI=1S/C15H20N2O3.ClH/c1-17(12-3-2-6-16-10-12)15(18)11-4-5-13-14(9-11)20-8-7-19-13;/h4-5,9,12,16H,2-3,6-8,10H2,1H3;1H/t12-;/m1./s1. The number of halogens is 1.